The molecule has 0 fully saturated rings. The first-order chi connectivity index (χ1) is 10.0. The maximum absolute atomic E-state index is 13.4. The second kappa shape index (κ2) is 5.62. The standard InChI is InChI=1S/C17H14BrFO2/c1-10-2-3-16-12(4-10)8-17(21-16)15(20)7-11-5-13(18)9-14(19)6-11/h2-6,8-9,15,20H,7H2,1H3. The fourth-order valence-electron chi connectivity index (χ4n) is 2.40. The third-order valence-electron chi connectivity index (χ3n) is 3.37. The Hall–Kier alpha value is -1.65. The van der Waals surface area contributed by atoms with Crippen LogP contribution in [0.2, 0.25) is 0 Å². The van der Waals surface area contributed by atoms with Crippen LogP contribution >= 0.6 is 15.9 Å². The fourth-order valence-corrected chi connectivity index (χ4v) is 2.91. The van der Waals surface area contributed by atoms with E-state index in [-0.39, 0.29) is 5.82 Å². The normalized spacial score (nSPS) is 12.8. The molecule has 4 heteroatoms. The van der Waals surface area contributed by atoms with Crippen LogP contribution < -0.4 is 0 Å². The summed E-state index contributed by atoms with van der Waals surface area (Å²) in [7, 11) is 0. The lowest BCUT2D eigenvalue weighted by Gasteiger charge is -2.08. The summed E-state index contributed by atoms with van der Waals surface area (Å²) in [6.07, 6.45) is -0.499. The van der Waals surface area contributed by atoms with E-state index in [1.807, 2.05) is 31.2 Å². The zero-order chi connectivity index (χ0) is 15.0. The predicted molar refractivity (Wildman–Crippen MR) is 83.7 cm³/mol. The van der Waals surface area contributed by atoms with Crippen LogP contribution in [0.4, 0.5) is 4.39 Å². The molecule has 2 aromatic carbocycles. The Bertz CT molecular complexity index is 774. The molecule has 0 aliphatic carbocycles. The highest BCUT2D eigenvalue weighted by Gasteiger charge is 2.15. The molecule has 0 radical (unpaired) electrons. The molecule has 1 N–H and O–H groups in total. The van der Waals surface area contributed by atoms with Gasteiger partial charge < -0.3 is 9.52 Å². The van der Waals surface area contributed by atoms with Crippen LogP contribution in [0.5, 0.6) is 0 Å². The number of hydrogen-bond donors (Lipinski definition) is 1. The Morgan fingerprint density at radius 3 is 2.76 bits per heavy atom. The number of halogens is 2. The van der Waals surface area contributed by atoms with Gasteiger partial charge in [-0.05, 0) is 48.9 Å². The van der Waals surface area contributed by atoms with Gasteiger partial charge in [0.15, 0.2) is 0 Å². The topological polar surface area (TPSA) is 33.4 Å². The zero-order valence-electron chi connectivity index (χ0n) is 11.4. The van der Waals surface area contributed by atoms with Crippen LogP contribution in [0.15, 0.2) is 51.4 Å². The number of rotatable bonds is 3. The monoisotopic (exact) mass is 348 g/mol. The van der Waals surface area contributed by atoms with Gasteiger partial charge in [0, 0.05) is 16.3 Å². The van der Waals surface area contributed by atoms with E-state index >= 15 is 0 Å². The van der Waals surface area contributed by atoms with Crippen molar-refractivity contribution >= 4 is 26.9 Å². The predicted octanol–water partition coefficient (Wildman–Crippen LogP) is 4.92. The first kappa shape index (κ1) is 14.3. The molecule has 1 atom stereocenters. The summed E-state index contributed by atoms with van der Waals surface area (Å²) in [5.74, 6) is 0.169. The van der Waals surface area contributed by atoms with Crippen molar-refractivity contribution < 1.29 is 13.9 Å². The lowest BCUT2D eigenvalue weighted by molar-refractivity contribution is 0.152. The third kappa shape index (κ3) is 3.17. The first-order valence-corrected chi connectivity index (χ1v) is 7.44. The number of furan rings is 1. The Morgan fingerprint density at radius 1 is 1.19 bits per heavy atom. The molecule has 108 valence electrons. The summed E-state index contributed by atoms with van der Waals surface area (Å²) in [5.41, 5.74) is 2.60. The van der Waals surface area contributed by atoms with Gasteiger partial charge in [-0.3, -0.25) is 0 Å². The Labute approximate surface area is 130 Å². The summed E-state index contributed by atoms with van der Waals surface area (Å²) < 4.78 is 19.7. The van der Waals surface area contributed by atoms with Crippen LogP contribution in [0, 0.1) is 12.7 Å². The average Bonchev–Trinajstić information content (AvgIpc) is 2.80. The van der Waals surface area contributed by atoms with Crippen LogP contribution in [0.1, 0.15) is 23.0 Å². The second-order valence-electron chi connectivity index (χ2n) is 5.19. The largest absolute Gasteiger partial charge is 0.458 e. The number of aliphatic hydroxyl groups is 1. The average molecular weight is 349 g/mol. The van der Waals surface area contributed by atoms with Crippen molar-refractivity contribution in [1.82, 2.24) is 0 Å². The molecule has 1 aromatic heterocycles. The van der Waals surface area contributed by atoms with Crippen molar-refractivity contribution in [2.45, 2.75) is 19.4 Å². The highest BCUT2D eigenvalue weighted by atomic mass is 79.9. The van der Waals surface area contributed by atoms with Crippen molar-refractivity contribution in [3.8, 4) is 0 Å². The lowest BCUT2D eigenvalue weighted by atomic mass is 10.1. The molecule has 0 amide bonds. The number of hydrogen-bond acceptors (Lipinski definition) is 2. The lowest BCUT2D eigenvalue weighted by Crippen LogP contribution is -2.00. The zero-order valence-corrected chi connectivity index (χ0v) is 13.0. The molecule has 0 spiro atoms. The highest BCUT2D eigenvalue weighted by Crippen LogP contribution is 2.27. The number of fused-ring (bicyclic) bond motifs is 1. The Balaban J connectivity index is 1.87. The minimum absolute atomic E-state index is 0.301. The van der Waals surface area contributed by atoms with Crippen LogP contribution in [0.3, 0.4) is 0 Å². The Morgan fingerprint density at radius 2 is 2.00 bits per heavy atom. The van der Waals surface area contributed by atoms with E-state index < -0.39 is 6.10 Å². The van der Waals surface area contributed by atoms with Crippen molar-refractivity contribution in [2.75, 3.05) is 0 Å². The van der Waals surface area contributed by atoms with E-state index in [9.17, 15) is 9.50 Å². The third-order valence-corrected chi connectivity index (χ3v) is 3.83. The van der Waals surface area contributed by atoms with Gasteiger partial charge in [0.2, 0.25) is 0 Å². The van der Waals surface area contributed by atoms with Gasteiger partial charge in [0.1, 0.15) is 23.3 Å². The molecule has 0 bridgehead atoms. The van der Waals surface area contributed by atoms with Gasteiger partial charge in [-0.25, -0.2) is 4.39 Å². The molecule has 0 saturated carbocycles. The molecule has 0 saturated heterocycles. The molecule has 3 rings (SSSR count). The van der Waals surface area contributed by atoms with E-state index in [1.165, 1.54) is 12.1 Å². The minimum atomic E-state index is -0.800. The molecule has 1 unspecified atom stereocenters. The van der Waals surface area contributed by atoms with Crippen molar-refractivity contribution in [3.63, 3.8) is 0 Å². The van der Waals surface area contributed by atoms with Gasteiger partial charge in [0.05, 0.1) is 0 Å². The first-order valence-electron chi connectivity index (χ1n) is 6.64. The second-order valence-corrected chi connectivity index (χ2v) is 6.10. The Kier molecular flexibility index (Phi) is 3.83. The number of benzene rings is 2. The van der Waals surface area contributed by atoms with E-state index in [0.29, 0.717) is 22.2 Å². The molecular weight excluding hydrogens is 335 g/mol. The molecular formula is C17H14BrFO2. The maximum Gasteiger partial charge on any atom is 0.134 e. The van der Waals surface area contributed by atoms with Crippen molar-refractivity contribution in [2.24, 2.45) is 0 Å². The summed E-state index contributed by atoms with van der Waals surface area (Å²) in [6, 6.07) is 12.3. The van der Waals surface area contributed by atoms with Gasteiger partial charge in [-0.1, -0.05) is 27.6 Å². The van der Waals surface area contributed by atoms with Gasteiger partial charge in [0.25, 0.3) is 0 Å². The minimum Gasteiger partial charge on any atom is -0.458 e. The van der Waals surface area contributed by atoms with Crippen LogP contribution in [-0.2, 0) is 6.42 Å². The summed E-state index contributed by atoms with van der Waals surface area (Å²) >= 11 is 3.25. The molecule has 0 aliphatic rings. The van der Waals surface area contributed by atoms with Gasteiger partial charge in [-0.2, -0.15) is 0 Å². The summed E-state index contributed by atoms with van der Waals surface area (Å²) in [4.78, 5) is 0. The quantitative estimate of drug-likeness (QED) is 0.728. The summed E-state index contributed by atoms with van der Waals surface area (Å²) in [6.45, 7) is 2.01. The molecule has 2 nitrogen and oxygen atoms in total. The van der Waals surface area contributed by atoms with E-state index in [4.69, 9.17) is 4.42 Å². The van der Waals surface area contributed by atoms with Crippen LogP contribution in [0.25, 0.3) is 11.0 Å². The smallest absolute Gasteiger partial charge is 0.134 e. The molecule has 3 aromatic rings. The van der Waals surface area contributed by atoms with Gasteiger partial charge in [-0.15, -0.1) is 0 Å². The summed E-state index contributed by atoms with van der Waals surface area (Å²) in [5, 5.41) is 11.3. The van der Waals surface area contributed by atoms with E-state index in [2.05, 4.69) is 15.9 Å². The maximum atomic E-state index is 13.4. The van der Waals surface area contributed by atoms with Crippen molar-refractivity contribution in [3.05, 3.63) is 69.6 Å². The van der Waals surface area contributed by atoms with Crippen LogP contribution in [-0.4, -0.2) is 5.11 Å². The van der Waals surface area contributed by atoms with E-state index in [1.54, 1.807) is 6.07 Å². The molecule has 0 aliphatic heterocycles. The number of aliphatic hydroxyl groups excluding tert-OH is 1. The van der Waals surface area contributed by atoms with Gasteiger partial charge >= 0.3 is 0 Å². The number of aryl methyl sites for hydroxylation is 1. The SMILES string of the molecule is Cc1ccc2oc(C(O)Cc3cc(F)cc(Br)c3)cc2c1. The molecule has 1 heterocycles. The van der Waals surface area contributed by atoms with E-state index in [0.717, 1.165) is 16.5 Å². The highest BCUT2D eigenvalue weighted by molar-refractivity contribution is 9.10. The molecule has 21 heavy (non-hydrogen) atoms. The van der Waals surface area contributed by atoms with Crippen molar-refractivity contribution in [1.29, 1.82) is 0 Å². The fraction of sp³-hybridized carbons (Fsp3) is 0.176.